The Hall–Kier alpha value is -1.36. The molecule has 0 bridgehead atoms. The predicted octanol–water partition coefficient (Wildman–Crippen LogP) is 3.62. The van der Waals surface area contributed by atoms with Gasteiger partial charge in [-0.1, -0.05) is 63.5 Å². The van der Waals surface area contributed by atoms with Crippen LogP contribution in [0, 0.1) is 0 Å². The lowest BCUT2D eigenvalue weighted by molar-refractivity contribution is 0.559. The number of anilines is 1. The summed E-state index contributed by atoms with van der Waals surface area (Å²) in [5.41, 5.74) is 5.68. The average molecular weight is 481 g/mol. The minimum atomic E-state index is -4.18. The van der Waals surface area contributed by atoms with Gasteiger partial charge in [0.25, 0.3) is 10.0 Å². The van der Waals surface area contributed by atoms with Gasteiger partial charge < -0.3 is 10.6 Å². The molecule has 0 aromatic heterocycles. The molecule has 1 aromatic rings. The molecule has 0 aliphatic rings. The number of nitrogens with two attached hydrogens (primary N) is 1. The first-order valence-electron chi connectivity index (χ1n) is 10.1. The highest BCUT2D eigenvalue weighted by Gasteiger charge is 2.24. The molecule has 0 radical (unpaired) electrons. The Labute approximate surface area is 186 Å². The third-order valence-corrected chi connectivity index (χ3v) is 7.58. The van der Waals surface area contributed by atoms with Gasteiger partial charge >= 0.3 is 0 Å². The van der Waals surface area contributed by atoms with E-state index in [0.717, 1.165) is 37.7 Å². The Kier molecular flexibility index (Phi) is 11.1. The van der Waals surface area contributed by atoms with Crippen molar-refractivity contribution in [3.05, 3.63) is 17.2 Å². The number of nitrogen functional groups attached to an aromatic ring is 1. The second-order valence-electron chi connectivity index (χ2n) is 7.35. The molecular weight excluding hydrogens is 448 g/mol. The fraction of sp³-hybridized carbons (Fsp3) is 0.632. The van der Waals surface area contributed by atoms with Crippen molar-refractivity contribution in [2.45, 2.75) is 68.1 Å². The van der Waals surface area contributed by atoms with Gasteiger partial charge in [-0.05, 0) is 18.6 Å². The molecule has 172 valence electrons. The van der Waals surface area contributed by atoms with Crippen molar-refractivity contribution in [2.24, 2.45) is 4.40 Å². The molecule has 0 aliphatic carbocycles. The smallest absolute Gasteiger partial charge is 0.285 e. The van der Waals surface area contributed by atoms with Crippen LogP contribution in [0.15, 0.2) is 26.3 Å². The third kappa shape index (κ3) is 8.79. The van der Waals surface area contributed by atoms with Crippen LogP contribution in [0.2, 0.25) is 5.02 Å². The van der Waals surface area contributed by atoms with E-state index in [1.165, 1.54) is 30.6 Å². The van der Waals surface area contributed by atoms with Gasteiger partial charge in [-0.2, -0.15) is 8.42 Å². The van der Waals surface area contributed by atoms with Gasteiger partial charge in [-0.3, -0.25) is 0 Å². The van der Waals surface area contributed by atoms with Crippen molar-refractivity contribution in [1.29, 1.82) is 0 Å². The van der Waals surface area contributed by atoms with Crippen molar-refractivity contribution in [3.63, 3.8) is 0 Å². The van der Waals surface area contributed by atoms with Gasteiger partial charge in [-0.15, -0.1) is 4.40 Å². The van der Waals surface area contributed by atoms with Crippen LogP contribution in [-0.2, 0) is 20.0 Å². The van der Waals surface area contributed by atoms with E-state index >= 15 is 0 Å². The van der Waals surface area contributed by atoms with E-state index in [9.17, 15) is 16.8 Å². The van der Waals surface area contributed by atoms with Gasteiger partial charge in [-0.25, -0.2) is 13.1 Å². The van der Waals surface area contributed by atoms with Crippen LogP contribution in [0.3, 0.4) is 0 Å². The number of hydrogen-bond donors (Lipinski definition) is 2. The van der Waals surface area contributed by atoms with Crippen molar-refractivity contribution in [3.8, 4) is 0 Å². The highest BCUT2D eigenvalue weighted by Crippen LogP contribution is 2.31. The van der Waals surface area contributed by atoms with E-state index in [1.54, 1.807) is 14.1 Å². The minimum absolute atomic E-state index is 0.126. The fourth-order valence-electron chi connectivity index (χ4n) is 2.74. The quantitative estimate of drug-likeness (QED) is 0.181. The maximum absolute atomic E-state index is 12.6. The standard InChI is InChI=1S/C19H33ClN4O4S2/c1-4-5-6-7-8-9-10-11-12-22-30(27,28)19-14-18(16(20)13-17(19)21)29(25,26)23-15-24(2)3/h13-15,22H,4-12,21H2,1-3H3. The Balaban J connectivity index is 2.80. The van der Waals surface area contributed by atoms with E-state index in [-0.39, 0.29) is 22.2 Å². The second-order valence-corrected chi connectivity index (χ2v) is 11.1. The number of nitrogens with one attached hydrogen (secondary N) is 1. The molecule has 0 heterocycles. The van der Waals surface area contributed by atoms with Crippen LogP contribution >= 0.6 is 11.6 Å². The monoisotopic (exact) mass is 480 g/mol. The molecule has 8 nitrogen and oxygen atoms in total. The molecule has 30 heavy (non-hydrogen) atoms. The number of nitrogens with zero attached hydrogens (tertiary/aromatic N) is 2. The SMILES string of the molecule is CCCCCCCCCCNS(=O)(=O)c1cc(S(=O)(=O)N=CN(C)C)c(Cl)cc1N. The van der Waals surface area contributed by atoms with Crippen LogP contribution in [0.1, 0.15) is 58.3 Å². The Morgan fingerprint density at radius 3 is 2.13 bits per heavy atom. The lowest BCUT2D eigenvalue weighted by Crippen LogP contribution is -2.26. The number of sulfonamides is 2. The van der Waals surface area contributed by atoms with E-state index < -0.39 is 24.9 Å². The van der Waals surface area contributed by atoms with Crippen molar-refractivity contribution in [2.75, 3.05) is 26.4 Å². The zero-order chi connectivity index (χ0) is 22.8. The van der Waals surface area contributed by atoms with Crippen molar-refractivity contribution < 1.29 is 16.8 Å². The van der Waals surface area contributed by atoms with Crippen LogP contribution in [0.25, 0.3) is 0 Å². The molecule has 11 heteroatoms. The van der Waals surface area contributed by atoms with E-state index in [1.807, 2.05) is 0 Å². The maximum atomic E-state index is 12.6. The number of unbranched alkanes of at least 4 members (excludes halogenated alkanes) is 7. The average Bonchev–Trinajstić information content (AvgIpc) is 2.64. The number of rotatable bonds is 14. The topological polar surface area (TPSA) is 122 Å². The molecule has 0 atom stereocenters. The normalized spacial score (nSPS) is 12.5. The molecule has 0 fully saturated rings. The molecule has 1 rings (SSSR count). The highest BCUT2D eigenvalue weighted by atomic mass is 35.5. The summed E-state index contributed by atoms with van der Waals surface area (Å²) < 4.78 is 56.1. The number of hydrogen-bond acceptors (Lipinski definition) is 5. The Morgan fingerprint density at radius 2 is 1.57 bits per heavy atom. The zero-order valence-electron chi connectivity index (χ0n) is 17.9. The van der Waals surface area contributed by atoms with Crippen LogP contribution < -0.4 is 10.5 Å². The molecule has 0 saturated carbocycles. The summed E-state index contributed by atoms with van der Waals surface area (Å²) in [5, 5.41) is -0.189. The summed E-state index contributed by atoms with van der Waals surface area (Å²) in [6.45, 7) is 2.43. The summed E-state index contributed by atoms with van der Waals surface area (Å²) >= 11 is 6.00. The first-order chi connectivity index (χ1) is 14.0. The first-order valence-corrected chi connectivity index (χ1v) is 13.4. The Morgan fingerprint density at radius 1 is 1.00 bits per heavy atom. The van der Waals surface area contributed by atoms with Crippen LogP contribution in [0.4, 0.5) is 5.69 Å². The van der Waals surface area contributed by atoms with Crippen LogP contribution in [0.5, 0.6) is 0 Å². The van der Waals surface area contributed by atoms with Gasteiger partial charge in [0.2, 0.25) is 10.0 Å². The first kappa shape index (κ1) is 26.7. The largest absolute Gasteiger partial charge is 0.398 e. The lowest BCUT2D eigenvalue weighted by atomic mass is 10.1. The van der Waals surface area contributed by atoms with Crippen molar-refractivity contribution in [1.82, 2.24) is 9.62 Å². The number of benzene rings is 1. The van der Waals surface area contributed by atoms with Crippen LogP contribution in [-0.4, -0.2) is 48.7 Å². The minimum Gasteiger partial charge on any atom is -0.398 e. The summed E-state index contributed by atoms with van der Waals surface area (Å²) in [5.74, 6) is 0. The summed E-state index contributed by atoms with van der Waals surface area (Å²) in [7, 11) is -4.96. The molecule has 0 unspecified atom stereocenters. The van der Waals surface area contributed by atoms with Gasteiger partial charge in [0.15, 0.2) is 0 Å². The van der Waals surface area contributed by atoms with Crippen molar-refractivity contribution >= 4 is 43.7 Å². The fourth-order valence-corrected chi connectivity index (χ4v) is 5.49. The molecule has 1 aromatic carbocycles. The summed E-state index contributed by atoms with van der Waals surface area (Å²) in [6.07, 6.45) is 9.81. The Bertz CT molecular complexity index is 917. The highest BCUT2D eigenvalue weighted by molar-refractivity contribution is 7.91. The van der Waals surface area contributed by atoms with E-state index in [4.69, 9.17) is 17.3 Å². The lowest BCUT2D eigenvalue weighted by Gasteiger charge is -2.12. The molecule has 0 saturated heterocycles. The number of halogens is 1. The third-order valence-electron chi connectivity index (χ3n) is 4.37. The molecule has 3 N–H and O–H groups in total. The molecular formula is C19H33ClN4O4S2. The molecule has 0 amide bonds. The predicted molar refractivity (Wildman–Crippen MR) is 123 cm³/mol. The maximum Gasteiger partial charge on any atom is 0.285 e. The van der Waals surface area contributed by atoms with Gasteiger partial charge in [0, 0.05) is 20.6 Å². The van der Waals surface area contributed by atoms with Gasteiger partial charge in [0.1, 0.15) is 16.1 Å². The van der Waals surface area contributed by atoms with E-state index in [2.05, 4.69) is 16.0 Å². The molecule has 0 spiro atoms. The molecule has 0 aliphatic heterocycles. The zero-order valence-corrected chi connectivity index (χ0v) is 20.3. The summed E-state index contributed by atoms with van der Waals surface area (Å²) in [6, 6.07) is 2.07. The van der Waals surface area contributed by atoms with E-state index in [0.29, 0.717) is 6.42 Å². The van der Waals surface area contributed by atoms with Gasteiger partial charge in [0.05, 0.1) is 10.7 Å². The second kappa shape index (κ2) is 12.5. The summed E-state index contributed by atoms with van der Waals surface area (Å²) in [4.78, 5) is 0.695.